The van der Waals surface area contributed by atoms with E-state index in [4.69, 9.17) is 17.3 Å². The standard InChI is InChI=1S/C13H20ClNO/c1-8-6-5-7-9(14)10(8)11(15)12(16)13(2,3)4/h5-7,11-12,16H,15H2,1-4H3/t11-,12-/m1/s1. The monoisotopic (exact) mass is 241 g/mol. The van der Waals surface area contributed by atoms with Crippen molar-refractivity contribution < 1.29 is 5.11 Å². The first-order chi connectivity index (χ1) is 7.25. The van der Waals surface area contributed by atoms with Crippen LogP contribution in [0.25, 0.3) is 0 Å². The molecule has 0 bridgehead atoms. The second-order valence-corrected chi connectivity index (χ2v) is 5.71. The summed E-state index contributed by atoms with van der Waals surface area (Å²) in [5.74, 6) is 0. The summed E-state index contributed by atoms with van der Waals surface area (Å²) in [4.78, 5) is 0. The number of benzene rings is 1. The van der Waals surface area contributed by atoms with Gasteiger partial charge in [-0.3, -0.25) is 0 Å². The first-order valence-electron chi connectivity index (χ1n) is 5.44. The van der Waals surface area contributed by atoms with Gasteiger partial charge in [-0.2, -0.15) is 0 Å². The Labute approximate surface area is 102 Å². The molecule has 1 aromatic carbocycles. The van der Waals surface area contributed by atoms with Crippen LogP contribution in [0.1, 0.15) is 37.9 Å². The van der Waals surface area contributed by atoms with Crippen LogP contribution >= 0.6 is 11.6 Å². The van der Waals surface area contributed by atoms with E-state index in [1.54, 1.807) is 6.07 Å². The molecule has 0 amide bonds. The third-order valence-electron chi connectivity index (χ3n) is 2.83. The molecule has 0 saturated carbocycles. The van der Waals surface area contributed by atoms with Crippen molar-refractivity contribution in [3.8, 4) is 0 Å². The van der Waals surface area contributed by atoms with Crippen molar-refractivity contribution in [1.82, 2.24) is 0 Å². The topological polar surface area (TPSA) is 46.2 Å². The Balaban J connectivity index is 3.10. The van der Waals surface area contributed by atoms with Crippen molar-refractivity contribution in [2.75, 3.05) is 0 Å². The largest absolute Gasteiger partial charge is 0.391 e. The molecular formula is C13H20ClNO. The predicted octanol–water partition coefficient (Wildman–Crippen LogP) is 3.06. The molecular weight excluding hydrogens is 222 g/mol. The molecule has 2 nitrogen and oxygen atoms in total. The van der Waals surface area contributed by atoms with Gasteiger partial charge in [0.05, 0.1) is 12.1 Å². The second kappa shape index (κ2) is 4.74. The number of rotatable bonds is 2. The van der Waals surface area contributed by atoms with Crippen molar-refractivity contribution in [2.24, 2.45) is 11.1 Å². The number of nitrogens with two attached hydrogens (primary N) is 1. The second-order valence-electron chi connectivity index (χ2n) is 5.31. The van der Waals surface area contributed by atoms with Gasteiger partial charge in [-0.1, -0.05) is 44.5 Å². The van der Waals surface area contributed by atoms with Gasteiger partial charge in [0.25, 0.3) is 0 Å². The Morgan fingerprint density at radius 3 is 2.31 bits per heavy atom. The fraction of sp³-hybridized carbons (Fsp3) is 0.538. The number of aliphatic hydroxyl groups is 1. The minimum atomic E-state index is -0.619. The van der Waals surface area contributed by atoms with Gasteiger partial charge in [0.1, 0.15) is 0 Å². The molecule has 0 aromatic heterocycles. The zero-order valence-corrected chi connectivity index (χ0v) is 11.0. The first-order valence-corrected chi connectivity index (χ1v) is 5.81. The molecule has 0 spiro atoms. The number of halogens is 1. The number of aryl methyl sites for hydroxylation is 1. The van der Waals surface area contributed by atoms with E-state index in [0.717, 1.165) is 11.1 Å². The zero-order chi connectivity index (χ0) is 12.5. The third kappa shape index (κ3) is 2.76. The molecule has 16 heavy (non-hydrogen) atoms. The van der Waals surface area contributed by atoms with Crippen LogP contribution in [0.15, 0.2) is 18.2 Å². The van der Waals surface area contributed by atoms with Gasteiger partial charge < -0.3 is 10.8 Å². The van der Waals surface area contributed by atoms with E-state index >= 15 is 0 Å². The minimum Gasteiger partial charge on any atom is -0.391 e. The molecule has 0 unspecified atom stereocenters. The lowest BCUT2D eigenvalue weighted by Gasteiger charge is -2.32. The fourth-order valence-electron chi connectivity index (χ4n) is 1.76. The average Bonchev–Trinajstić information content (AvgIpc) is 2.14. The summed E-state index contributed by atoms with van der Waals surface area (Å²) in [6.07, 6.45) is -0.619. The summed E-state index contributed by atoms with van der Waals surface area (Å²) in [6, 6.07) is 5.20. The SMILES string of the molecule is Cc1cccc(Cl)c1[C@@H](N)[C@@H](O)C(C)(C)C. The van der Waals surface area contributed by atoms with Gasteiger partial charge in [-0.15, -0.1) is 0 Å². The Morgan fingerprint density at radius 1 is 1.31 bits per heavy atom. The van der Waals surface area contributed by atoms with E-state index in [9.17, 15) is 5.11 Å². The molecule has 0 heterocycles. The molecule has 3 heteroatoms. The van der Waals surface area contributed by atoms with Crippen molar-refractivity contribution >= 4 is 11.6 Å². The summed E-state index contributed by atoms with van der Waals surface area (Å²) in [5, 5.41) is 10.8. The van der Waals surface area contributed by atoms with Gasteiger partial charge in [0.2, 0.25) is 0 Å². The average molecular weight is 242 g/mol. The zero-order valence-electron chi connectivity index (χ0n) is 10.3. The Bertz CT molecular complexity index is 350. The van der Waals surface area contributed by atoms with Gasteiger partial charge >= 0.3 is 0 Å². The normalized spacial score (nSPS) is 15.9. The Morgan fingerprint density at radius 2 is 1.88 bits per heavy atom. The predicted molar refractivity (Wildman–Crippen MR) is 68.6 cm³/mol. The summed E-state index contributed by atoms with van der Waals surface area (Å²) in [5.41, 5.74) is 7.69. The highest BCUT2D eigenvalue weighted by Crippen LogP contribution is 2.33. The minimum absolute atomic E-state index is 0.259. The Kier molecular flexibility index (Phi) is 4.00. The van der Waals surface area contributed by atoms with Crippen molar-refractivity contribution in [2.45, 2.75) is 39.8 Å². The lowest BCUT2D eigenvalue weighted by atomic mass is 9.81. The lowest BCUT2D eigenvalue weighted by Crippen LogP contribution is -2.37. The van der Waals surface area contributed by atoms with Crippen LogP contribution in [-0.4, -0.2) is 11.2 Å². The molecule has 0 aliphatic heterocycles. The van der Waals surface area contributed by atoms with E-state index < -0.39 is 12.1 Å². The smallest absolute Gasteiger partial charge is 0.0781 e. The molecule has 3 N–H and O–H groups in total. The van der Waals surface area contributed by atoms with E-state index in [1.165, 1.54) is 0 Å². The third-order valence-corrected chi connectivity index (χ3v) is 3.16. The first kappa shape index (κ1) is 13.5. The number of hydrogen-bond acceptors (Lipinski definition) is 2. The highest BCUT2D eigenvalue weighted by Gasteiger charge is 2.30. The molecule has 0 radical (unpaired) electrons. The Hall–Kier alpha value is -0.570. The molecule has 0 aliphatic carbocycles. The number of hydrogen-bond donors (Lipinski definition) is 2. The van der Waals surface area contributed by atoms with Crippen LogP contribution in [0.5, 0.6) is 0 Å². The number of aliphatic hydroxyl groups excluding tert-OH is 1. The molecule has 0 fully saturated rings. The molecule has 0 aliphatic rings. The molecule has 0 saturated heterocycles. The van der Waals surface area contributed by atoms with Crippen LogP contribution in [0.3, 0.4) is 0 Å². The van der Waals surface area contributed by atoms with E-state index in [2.05, 4.69) is 0 Å². The van der Waals surface area contributed by atoms with Crippen LogP contribution < -0.4 is 5.73 Å². The van der Waals surface area contributed by atoms with E-state index in [0.29, 0.717) is 5.02 Å². The maximum absolute atomic E-state index is 10.2. The van der Waals surface area contributed by atoms with Crippen LogP contribution in [-0.2, 0) is 0 Å². The summed E-state index contributed by atoms with van der Waals surface area (Å²) in [7, 11) is 0. The highest BCUT2D eigenvalue weighted by molar-refractivity contribution is 6.31. The molecule has 1 aromatic rings. The van der Waals surface area contributed by atoms with Gasteiger partial charge in [0.15, 0.2) is 0 Å². The summed E-state index contributed by atoms with van der Waals surface area (Å²) in [6.45, 7) is 7.84. The maximum atomic E-state index is 10.2. The van der Waals surface area contributed by atoms with Gasteiger partial charge in [-0.05, 0) is 29.5 Å². The highest BCUT2D eigenvalue weighted by atomic mass is 35.5. The summed E-state index contributed by atoms with van der Waals surface area (Å²) < 4.78 is 0. The summed E-state index contributed by atoms with van der Waals surface area (Å²) >= 11 is 6.13. The maximum Gasteiger partial charge on any atom is 0.0781 e. The van der Waals surface area contributed by atoms with Gasteiger partial charge in [0, 0.05) is 5.02 Å². The van der Waals surface area contributed by atoms with Gasteiger partial charge in [-0.25, -0.2) is 0 Å². The lowest BCUT2D eigenvalue weighted by molar-refractivity contribution is 0.0399. The fourth-order valence-corrected chi connectivity index (χ4v) is 2.11. The molecule has 90 valence electrons. The van der Waals surface area contributed by atoms with Crippen molar-refractivity contribution in [3.05, 3.63) is 34.3 Å². The van der Waals surface area contributed by atoms with Crippen LogP contribution in [0.4, 0.5) is 0 Å². The van der Waals surface area contributed by atoms with Crippen LogP contribution in [0, 0.1) is 12.3 Å². The molecule has 1 rings (SSSR count). The van der Waals surface area contributed by atoms with Crippen molar-refractivity contribution in [1.29, 1.82) is 0 Å². The van der Waals surface area contributed by atoms with E-state index in [1.807, 2.05) is 39.8 Å². The van der Waals surface area contributed by atoms with E-state index in [-0.39, 0.29) is 5.41 Å². The van der Waals surface area contributed by atoms with Crippen LogP contribution in [0.2, 0.25) is 5.02 Å². The van der Waals surface area contributed by atoms with Crippen molar-refractivity contribution in [3.63, 3.8) is 0 Å². The quantitative estimate of drug-likeness (QED) is 0.836. The molecule has 2 atom stereocenters.